The summed E-state index contributed by atoms with van der Waals surface area (Å²) in [4.78, 5) is 25.5. The van der Waals surface area contributed by atoms with Crippen molar-refractivity contribution in [2.45, 2.75) is 52.4 Å². The number of carbonyl (C=O) groups is 2. The Kier molecular flexibility index (Phi) is 6.76. The van der Waals surface area contributed by atoms with E-state index in [0.29, 0.717) is 19.4 Å². The number of hydrogen-bond donors (Lipinski definition) is 1. The fraction of sp³-hybridized carbons (Fsp3) is 0.857. The lowest BCUT2D eigenvalue weighted by molar-refractivity contribution is -0.137. The maximum Gasteiger partial charge on any atom is 0.227 e. The van der Waals surface area contributed by atoms with Crippen LogP contribution in [0.15, 0.2) is 0 Å². The van der Waals surface area contributed by atoms with E-state index in [4.69, 9.17) is 0 Å². The van der Waals surface area contributed by atoms with Crippen molar-refractivity contribution in [3.05, 3.63) is 0 Å². The molecule has 1 saturated heterocycles. The molecule has 0 aromatic heterocycles. The number of carbonyl (C=O) groups excluding carboxylic acids is 2. The second-order valence-corrected chi connectivity index (χ2v) is 5.07. The molecule has 1 unspecified atom stereocenters. The van der Waals surface area contributed by atoms with Gasteiger partial charge in [-0.2, -0.15) is 0 Å². The summed E-state index contributed by atoms with van der Waals surface area (Å²) in [7, 11) is 0. The van der Waals surface area contributed by atoms with E-state index in [9.17, 15) is 9.59 Å². The van der Waals surface area contributed by atoms with Crippen LogP contribution in [-0.4, -0.2) is 36.3 Å². The van der Waals surface area contributed by atoms with E-state index >= 15 is 0 Å². The fourth-order valence-electron chi connectivity index (χ4n) is 2.23. The summed E-state index contributed by atoms with van der Waals surface area (Å²) < 4.78 is 0. The summed E-state index contributed by atoms with van der Waals surface area (Å²) in [6, 6.07) is 0. The van der Waals surface area contributed by atoms with E-state index in [1.54, 1.807) is 0 Å². The molecule has 104 valence electrons. The molecule has 1 aliphatic rings. The molecule has 0 aromatic rings. The van der Waals surface area contributed by atoms with Crippen LogP contribution in [0.2, 0.25) is 0 Å². The number of rotatable bonds is 7. The highest BCUT2D eigenvalue weighted by molar-refractivity contribution is 5.83. The zero-order valence-electron chi connectivity index (χ0n) is 11.7. The summed E-state index contributed by atoms with van der Waals surface area (Å²) >= 11 is 0. The van der Waals surface area contributed by atoms with Gasteiger partial charge in [-0.05, 0) is 19.3 Å². The van der Waals surface area contributed by atoms with Crippen molar-refractivity contribution in [1.29, 1.82) is 0 Å². The van der Waals surface area contributed by atoms with Gasteiger partial charge in [-0.3, -0.25) is 9.59 Å². The molecular weight excluding hydrogens is 228 g/mol. The van der Waals surface area contributed by atoms with Gasteiger partial charge in [0.15, 0.2) is 0 Å². The zero-order valence-corrected chi connectivity index (χ0v) is 11.7. The van der Waals surface area contributed by atoms with E-state index in [-0.39, 0.29) is 17.7 Å². The third kappa shape index (κ3) is 4.67. The van der Waals surface area contributed by atoms with Crippen LogP contribution in [0.25, 0.3) is 0 Å². The Morgan fingerprint density at radius 3 is 2.33 bits per heavy atom. The minimum atomic E-state index is -0.00332. The highest BCUT2D eigenvalue weighted by Gasteiger charge is 2.27. The highest BCUT2D eigenvalue weighted by atomic mass is 16.2. The molecule has 18 heavy (non-hydrogen) atoms. The molecule has 1 heterocycles. The molecule has 0 radical (unpaired) electrons. The SMILES string of the molecule is CCCCN(CCCC)C(=O)C1CCC(=O)NC1. The normalized spacial score (nSPS) is 19.4. The Hall–Kier alpha value is -1.06. The van der Waals surface area contributed by atoms with Gasteiger partial charge in [-0.15, -0.1) is 0 Å². The van der Waals surface area contributed by atoms with Crippen LogP contribution in [0.3, 0.4) is 0 Å². The van der Waals surface area contributed by atoms with Crippen molar-refractivity contribution in [3.63, 3.8) is 0 Å². The average molecular weight is 254 g/mol. The summed E-state index contributed by atoms with van der Waals surface area (Å²) in [6.07, 6.45) is 5.54. The van der Waals surface area contributed by atoms with Gasteiger partial charge in [0.05, 0.1) is 5.92 Å². The van der Waals surface area contributed by atoms with Gasteiger partial charge in [0.1, 0.15) is 0 Å². The summed E-state index contributed by atoms with van der Waals surface area (Å²) in [5.74, 6) is 0.307. The number of amides is 2. The van der Waals surface area contributed by atoms with Crippen LogP contribution in [-0.2, 0) is 9.59 Å². The van der Waals surface area contributed by atoms with Crippen molar-refractivity contribution in [2.75, 3.05) is 19.6 Å². The molecule has 1 aliphatic heterocycles. The summed E-state index contributed by atoms with van der Waals surface area (Å²) in [5.41, 5.74) is 0. The van der Waals surface area contributed by atoms with E-state index in [1.807, 2.05) is 4.90 Å². The molecule has 0 aromatic carbocycles. The molecule has 4 nitrogen and oxygen atoms in total. The van der Waals surface area contributed by atoms with E-state index in [0.717, 1.165) is 38.8 Å². The third-order valence-corrected chi connectivity index (χ3v) is 3.49. The Morgan fingerprint density at radius 1 is 1.28 bits per heavy atom. The first-order valence-corrected chi connectivity index (χ1v) is 7.24. The second-order valence-electron chi connectivity index (χ2n) is 5.07. The van der Waals surface area contributed by atoms with Crippen LogP contribution in [0.5, 0.6) is 0 Å². The van der Waals surface area contributed by atoms with Gasteiger partial charge in [0.25, 0.3) is 0 Å². The Morgan fingerprint density at radius 2 is 1.89 bits per heavy atom. The van der Waals surface area contributed by atoms with Crippen molar-refractivity contribution in [3.8, 4) is 0 Å². The Bertz CT molecular complexity index is 261. The smallest absolute Gasteiger partial charge is 0.227 e. The Balaban J connectivity index is 2.48. The number of nitrogens with zero attached hydrogens (tertiary/aromatic N) is 1. The van der Waals surface area contributed by atoms with E-state index in [2.05, 4.69) is 19.2 Å². The molecule has 4 heteroatoms. The van der Waals surface area contributed by atoms with Crippen LogP contribution in [0, 0.1) is 5.92 Å². The molecule has 0 bridgehead atoms. The van der Waals surface area contributed by atoms with Crippen molar-refractivity contribution < 1.29 is 9.59 Å². The topological polar surface area (TPSA) is 49.4 Å². The summed E-state index contributed by atoms with van der Waals surface area (Å²) in [5, 5.41) is 2.79. The lowest BCUT2D eigenvalue weighted by Gasteiger charge is -2.29. The number of nitrogens with one attached hydrogen (secondary N) is 1. The van der Waals surface area contributed by atoms with Crippen LogP contribution in [0.4, 0.5) is 0 Å². The molecule has 1 atom stereocenters. The van der Waals surface area contributed by atoms with Gasteiger partial charge in [-0.25, -0.2) is 0 Å². The molecule has 2 amide bonds. The molecule has 1 N–H and O–H groups in total. The first kappa shape index (κ1) is 15.0. The zero-order chi connectivity index (χ0) is 13.4. The van der Waals surface area contributed by atoms with Gasteiger partial charge in [0.2, 0.25) is 11.8 Å². The van der Waals surface area contributed by atoms with Crippen LogP contribution in [0.1, 0.15) is 52.4 Å². The van der Waals surface area contributed by atoms with Crippen molar-refractivity contribution in [1.82, 2.24) is 10.2 Å². The first-order valence-electron chi connectivity index (χ1n) is 7.24. The lowest BCUT2D eigenvalue weighted by Crippen LogP contribution is -2.45. The number of piperidine rings is 1. The second kappa shape index (κ2) is 8.11. The molecule has 1 fully saturated rings. The maximum atomic E-state index is 12.4. The van der Waals surface area contributed by atoms with Gasteiger partial charge in [0, 0.05) is 26.1 Å². The first-order chi connectivity index (χ1) is 8.69. The van der Waals surface area contributed by atoms with Crippen molar-refractivity contribution in [2.24, 2.45) is 5.92 Å². The number of hydrogen-bond acceptors (Lipinski definition) is 2. The maximum absolute atomic E-state index is 12.4. The molecular formula is C14H26N2O2. The van der Waals surface area contributed by atoms with Crippen molar-refractivity contribution >= 4 is 11.8 Å². The van der Waals surface area contributed by atoms with Gasteiger partial charge in [-0.1, -0.05) is 26.7 Å². The lowest BCUT2D eigenvalue weighted by atomic mass is 9.97. The quantitative estimate of drug-likeness (QED) is 0.755. The van der Waals surface area contributed by atoms with Crippen LogP contribution >= 0.6 is 0 Å². The highest BCUT2D eigenvalue weighted by Crippen LogP contribution is 2.15. The largest absolute Gasteiger partial charge is 0.355 e. The van der Waals surface area contributed by atoms with Crippen LogP contribution < -0.4 is 5.32 Å². The standard InChI is InChI=1S/C14H26N2O2/c1-3-5-9-16(10-6-4-2)14(18)12-7-8-13(17)15-11-12/h12H,3-11H2,1-2H3,(H,15,17). The predicted octanol–water partition coefficient (Wildman–Crippen LogP) is 1.94. The fourth-order valence-corrected chi connectivity index (χ4v) is 2.23. The van der Waals surface area contributed by atoms with Gasteiger partial charge >= 0.3 is 0 Å². The Labute approximate surface area is 110 Å². The predicted molar refractivity (Wildman–Crippen MR) is 72.1 cm³/mol. The molecule has 0 spiro atoms. The average Bonchev–Trinajstić information content (AvgIpc) is 2.39. The molecule has 1 rings (SSSR count). The van der Waals surface area contributed by atoms with E-state index < -0.39 is 0 Å². The molecule has 0 aliphatic carbocycles. The minimum Gasteiger partial charge on any atom is -0.355 e. The minimum absolute atomic E-state index is 0.00332. The monoisotopic (exact) mass is 254 g/mol. The molecule has 0 saturated carbocycles. The van der Waals surface area contributed by atoms with Gasteiger partial charge < -0.3 is 10.2 Å². The third-order valence-electron chi connectivity index (χ3n) is 3.49. The summed E-state index contributed by atoms with van der Waals surface area (Å²) in [6.45, 7) is 6.53. The van der Waals surface area contributed by atoms with E-state index in [1.165, 1.54) is 0 Å². The number of unbranched alkanes of at least 4 members (excludes halogenated alkanes) is 2.